The first kappa shape index (κ1) is 11.5. The van der Waals surface area contributed by atoms with E-state index in [-0.39, 0.29) is 11.1 Å². The van der Waals surface area contributed by atoms with Gasteiger partial charge in [0, 0.05) is 23.4 Å². The maximum Gasteiger partial charge on any atom is 0.212 e. The molecule has 0 aliphatic carbocycles. The molecule has 0 atom stereocenters. The molecule has 2 nitrogen and oxygen atoms in total. The molecular formula is C13H11F2NO. The predicted molar refractivity (Wildman–Crippen MR) is 60.9 cm³/mol. The second kappa shape index (κ2) is 4.49. The standard InChI is InChI=1S/C13H11F2NO/c1-8-5-12(15)10(6-11(8)14)9-3-4-13(17-2)16-7-9/h3-7H,1-2H3. The van der Waals surface area contributed by atoms with Gasteiger partial charge in [-0.15, -0.1) is 0 Å². The number of hydrogen-bond donors (Lipinski definition) is 0. The molecule has 0 unspecified atom stereocenters. The first-order valence-corrected chi connectivity index (χ1v) is 5.08. The Morgan fingerprint density at radius 3 is 2.47 bits per heavy atom. The Morgan fingerprint density at radius 1 is 1.12 bits per heavy atom. The van der Waals surface area contributed by atoms with E-state index in [4.69, 9.17) is 4.74 Å². The van der Waals surface area contributed by atoms with E-state index in [0.29, 0.717) is 11.4 Å². The quantitative estimate of drug-likeness (QED) is 0.796. The van der Waals surface area contributed by atoms with Gasteiger partial charge in [-0.1, -0.05) is 0 Å². The molecule has 2 aromatic rings. The molecule has 0 N–H and O–H groups in total. The number of halogens is 2. The largest absolute Gasteiger partial charge is 0.481 e. The van der Waals surface area contributed by atoms with Crippen molar-refractivity contribution in [1.82, 2.24) is 4.98 Å². The molecule has 0 saturated heterocycles. The molecule has 1 aromatic carbocycles. The molecule has 4 heteroatoms. The molecule has 1 heterocycles. The maximum atomic E-state index is 13.7. The molecule has 1 aromatic heterocycles. The summed E-state index contributed by atoms with van der Waals surface area (Å²) in [6.45, 7) is 1.52. The molecule has 88 valence electrons. The summed E-state index contributed by atoms with van der Waals surface area (Å²) in [6.07, 6.45) is 1.45. The average Bonchev–Trinajstić information content (AvgIpc) is 2.34. The molecule has 2 rings (SSSR count). The van der Waals surface area contributed by atoms with Crippen LogP contribution in [-0.4, -0.2) is 12.1 Å². The van der Waals surface area contributed by atoms with Crippen molar-refractivity contribution in [1.29, 1.82) is 0 Å². The number of pyridine rings is 1. The highest BCUT2D eigenvalue weighted by molar-refractivity contribution is 5.64. The summed E-state index contributed by atoms with van der Waals surface area (Å²) in [5.74, 6) is -0.463. The topological polar surface area (TPSA) is 22.1 Å². The van der Waals surface area contributed by atoms with Crippen molar-refractivity contribution in [2.24, 2.45) is 0 Å². The zero-order chi connectivity index (χ0) is 12.4. The Kier molecular flexibility index (Phi) is 3.04. The minimum Gasteiger partial charge on any atom is -0.481 e. The molecule has 17 heavy (non-hydrogen) atoms. The van der Waals surface area contributed by atoms with Crippen molar-refractivity contribution >= 4 is 0 Å². The normalized spacial score (nSPS) is 10.4. The minimum absolute atomic E-state index is 0.197. The van der Waals surface area contributed by atoms with Gasteiger partial charge in [0.05, 0.1) is 7.11 Å². The smallest absolute Gasteiger partial charge is 0.212 e. The molecule has 0 radical (unpaired) electrons. The number of nitrogens with zero attached hydrogens (tertiary/aromatic N) is 1. The Hall–Kier alpha value is -1.97. The van der Waals surface area contributed by atoms with E-state index < -0.39 is 11.6 Å². The summed E-state index contributed by atoms with van der Waals surface area (Å²) in [4.78, 5) is 3.96. The second-order valence-corrected chi connectivity index (χ2v) is 3.67. The van der Waals surface area contributed by atoms with E-state index in [1.165, 1.54) is 32.4 Å². The van der Waals surface area contributed by atoms with Crippen LogP contribution in [0.25, 0.3) is 11.1 Å². The fourth-order valence-electron chi connectivity index (χ4n) is 1.53. The number of benzene rings is 1. The van der Waals surface area contributed by atoms with Gasteiger partial charge in [0.15, 0.2) is 0 Å². The molecule has 0 spiro atoms. The van der Waals surface area contributed by atoms with Crippen molar-refractivity contribution in [3.05, 3.63) is 47.7 Å². The lowest BCUT2D eigenvalue weighted by molar-refractivity contribution is 0.398. The summed E-state index contributed by atoms with van der Waals surface area (Å²) < 4.78 is 32.0. The van der Waals surface area contributed by atoms with Gasteiger partial charge >= 0.3 is 0 Å². The van der Waals surface area contributed by atoms with Gasteiger partial charge in [0.1, 0.15) is 11.6 Å². The Balaban J connectivity index is 2.48. The van der Waals surface area contributed by atoms with Crippen LogP contribution in [0.3, 0.4) is 0 Å². The SMILES string of the molecule is COc1ccc(-c2cc(F)c(C)cc2F)cn1. The van der Waals surface area contributed by atoms with E-state index in [0.717, 1.165) is 0 Å². The summed E-state index contributed by atoms with van der Waals surface area (Å²) in [6, 6.07) is 5.59. The fraction of sp³-hybridized carbons (Fsp3) is 0.154. The zero-order valence-corrected chi connectivity index (χ0v) is 9.50. The van der Waals surface area contributed by atoms with Crippen molar-refractivity contribution in [2.45, 2.75) is 6.92 Å². The third kappa shape index (κ3) is 2.25. The van der Waals surface area contributed by atoms with Crippen LogP contribution in [0.2, 0.25) is 0 Å². The van der Waals surface area contributed by atoms with Crippen molar-refractivity contribution < 1.29 is 13.5 Å². The van der Waals surface area contributed by atoms with Crippen LogP contribution in [0, 0.1) is 18.6 Å². The van der Waals surface area contributed by atoms with Crippen LogP contribution >= 0.6 is 0 Å². The van der Waals surface area contributed by atoms with Crippen LogP contribution in [0.15, 0.2) is 30.5 Å². The molecule has 0 bridgehead atoms. The predicted octanol–water partition coefficient (Wildman–Crippen LogP) is 3.34. The highest BCUT2D eigenvalue weighted by Crippen LogP contribution is 2.25. The molecule has 0 aliphatic heterocycles. The molecule has 0 aliphatic rings. The number of methoxy groups -OCH3 is 1. The minimum atomic E-state index is -0.462. The van der Waals surface area contributed by atoms with E-state index >= 15 is 0 Å². The van der Waals surface area contributed by atoms with Gasteiger partial charge in [-0.25, -0.2) is 13.8 Å². The van der Waals surface area contributed by atoms with Crippen LogP contribution < -0.4 is 4.74 Å². The average molecular weight is 235 g/mol. The third-order valence-electron chi connectivity index (χ3n) is 2.50. The molecular weight excluding hydrogens is 224 g/mol. The number of aryl methyl sites for hydroxylation is 1. The highest BCUT2D eigenvalue weighted by atomic mass is 19.1. The van der Waals surface area contributed by atoms with Gasteiger partial charge in [-0.2, -0.15) is 0 Å². The lowest BCUT2D eigenvalue weighted by Gasteiger charge is -2.06. The first-order valence-electron chi connectivity index (χ1n) is 5.08. The lowest BCUT2D eigenvalue weighted by atomic mass is 10.0. The summed E-state index contributed by atoms with van der Waals surface area (Å²) in [7, 11) is 1.49. The van der Waals surface area contributed by atoms with Gasteiger partial charge in [0.25, 0.3) is 0 Å². The molecule has 0 fully saturated rings. The molecule has 0 saturated carbocycles. The van der Waals surface area contributed by atoms with E-state index in [1.54, 1.807) is 12.1 Å². The van der Waals surface area contributed by atoms with Crippen molar-refractivity contribution in [2.75, 3.05) is 7.11 Å². The van der Waals surface area contributed by atoms with Crippen LogP contribution in [0.5, 0.6) is 5.88 Å². The van der Waals surface area contributed by atoms with Gasteiger partial charge < -0.3 is 4.74 Å². The van der Waals surface area contributed by atoms with Crippen LogP contribution in [0.1, 0.15) is 5.56 Å². The summed E-state index contributed by atoms with van der Waals surface area (Å²) in [5, 5.41) is 0. The van der Waals surface area contributed by atoms with Crippen molar-refractivity contribution in [3.63, 3.8) is 0 Å². The van der Waals surface area contributed by atoms with Crippen molar-refractivity contribution in [3.8, 4) is 17.0 Å². The number of aromatic nitrogens is 1. The second-order valence-electron chi connectivity index (χ2n) is 3.67. The Bertz CT molecular complexity index is 538. The number of hydrogen-bond acceptors (Lipinski definition) is 2. The number of ether oxygens (including phenoxy) is 1. The third-order valence-corrected chi connectivity index (χ3v) is 2.50. The van der Waals surface area contributed by atoms with Crippen LogP contribution in [-0.2, 0) is 0 Å². The Morgan fingerprint density at radius 2 is 1.88 bits per heavy atom. The lowest BCUT2D eigenvalue weighted by Crippen LogP contribution is -1.92. The van der Waals surface area contributed by atoms with E-state index in [9.17, 15) is 8.78 Å². The van der Waals surface area contributed by atoms with Crippen LogP contribution in [0.4, 0.5) is 8.78 Å². The van der Waals surface area contributed by atoms with Gasteiger partial charge in [-0.05, 0) is 30.7 Å². The number of rotatable bonds is 2. The van der Waals surface area contributed by atoms with E-state index in [2.05, 4.69) is 4.98 Å². The Labute approximate surface area is 97.9 Å². The first-order chi connectivity index (χ1) is 8.11. The van der Waals surface area contributed by atoms with Gasteiger partial charge in [0.2, 0.25) is 5.88 Å². The van der Waals surface area contributed by atoms with Gasteiger partial charge in [-0.3, -0.25) is 0 Å². The fourth-order valence-corrected chi connectivity index (χ4v) is 1.53. The molecule has 0 amide bonds. The summed E-state index contributed by atoms with van der Waals surface area (Å²) in [5.41, 5.74) is 0.998. The monoisotopic (exact) mass is 235 g/mol. The maximum absolute atomic E-state index is 13.7. The highest BCUT2D eigenvalue weighted by Gasteiger charge is 2.09. The van der Waals surface area contributed by atoms with E-state index in [1.807, 2.05) is 0 Å². The summed E-state index contributed by atoms with van der Waals surface area (Å²) >= 11 is 0. The zero-order valence-electron chi connectivity index (χ0n) is 9.50.